The van der Waals surface area contributed by atoms with Crippen LogP contribution in [0.5, 0.6) is 5.75 Å². The van der Waals surface area contributed by atoms with Gasteiger partial charge in [-0.25, -0.2) is 0 Å². The van der Waals surface area contributed by atoms with Gasteiger partial charge in [-0.2, -0.15) is 11.3 Å². The summed E-state index contributed by atoms with van der Waals surface area (Å²) in [6, 6.07) is 5.76. The molecule has 0 radical (unpaired) electrons. The quantitative estimate of drug-likeness (QED) is 0.769. The van der Waals surface area contributed by atoms with E-state index >= 15 is 0 Å². The molecule has 0 fully saturated rings. The highest BCUT2D eigenvalue weighted by atomic mass is 32.1. The SMILES string of the molecule is Cc1cscc1C(=O)c1ccc2c(c1)CCCO2. The summed E-state index contributed by atoms with van der Waals surface area (Å²) in [5.41, 5.74) is 3.79. The van der Waals surface area contributed by atoms with E-state index in [1.807, 2.05) is 35.9 Å². The number of thiophene rings is 1. The molecule has 0 amide bonds. The third-order valence-corrected chi connectivity index (χ3v) is 4.13. The highest BCUT2D eigenvalue weighted by Gasteiger charge is 2.16. The third kappa shape index (κ3) is 1.95. The van der Waals surface area contributed by atoms with Crippen molar-refractivity contribution in [2.75, 3.05) is 6.61 Å². The fourth-order valence-electron chi connectivity index (χ4n) is 2.25. The molecule has 3 heteroatoms. The van der Waals surface area contributed by atoms with Crippen molar-refractivity contribution in [3.05, 3.63) is 51.2 Å². The Morgan fingerprint density at radius 3 is 3.00 bits per heavy atom. The lowest BCUT2D eigenvalue weighted by atomic mass is 9.98. The van der Waals surface area contributed by atoms with Gasteiger partial charge in [0.25, 0.3) is 0 Å². The van der Waals surface area contributed by atoms with Crippen LogP contribution in [0.15, 0.2) is 29.0 Å². The molecule has 1 aliphatic rings. The first-order chi connectivity index (χ1) is 8.75. The number of benzene rings is 1. The minimum absolute atomic E-state index is 0.113. The second-order valence-electron chi connectivity index (χ2n) is 4.57. The van der Waals surface area contributed by atoms with E-state index in [4.69, 9.17) is 4.74 Å². The Labute approximate surface area is 110 Å². The Morgan fingerprint density at radius 1 is 1.33 bits per heavy atom. The molecule has 92 valence electrons. The maximum absolute atomic E-state index is 12.4. The van der Waals surface area contributed by atoms with Gasteiger partial charge in [-0.3, -0.25) is 4.79 Å². The molecule has 0 unspecified atom stereocenters. The van der Waals surface area contributed by atoms with Crippen molar-refractivity contribution >= 4 is 17.1 Å². The Hall–Kier alpha value is -1.61. The molecule has 2 aromatic rings. The van der Waals surface area contributed by atoms with Crippen molar-refractivity contribution in [2.24, 2.45) is 0 Å². The van der Waals surface area contributed by atoms with Gasteiger partial charge in [-0.05, 0) is 54.5 Å². The molecule has 2 heterocycles. The van der Waals surface area contributed by atoms with E-state index in [1.165, 1.54) is 0 Å². The molecular formula is C15H14O2S. The number of ether oxygens (including phenoxy) is 1. The summed E-state index contributed by atoms with van der Waals surface area (Å²) in [6.45, 7) is 2.76. The number of carbonyl (C=O) groups is 1. The summed E-state index contributed by atoms with van der Waals surface area (Å²) in [6.07, 6.45) is 2.03. The summed E-state index contributed by atoms with van der Waals surface area (Å²) in [7, 11) is 0. The van der Waals surface area contributed by atoms with E-state index in [1.54, 1.807) is 11.3 Å². The second kappa shape index (κ2) is 4.58. The molecule has 0 saturated carbocycles. The highest BCUT2D eigenvalue weighted by molar-refractivity contribution is 7.08. The molecule has 0 N–H and O–H groups in total. The average Bonchev–Trinajstić information content (AvgIpc) is 2.83. The number of ketones is 1. The average molecular weight is 258 g/mol. The first-order valence-electron chi connectivity index (χ1n) is 6.09. The largest absolute Gasteiger partial charge is 0.493 e. The van der Waals surface area contributed by atoms with Crippen molar-refractivity contribution in [3.8, 4) is 5.75 Å². The van der Waals surface area contributed by atoms with Gasteiger partial charge < -0.3 is 4.74 Å². The minimum Gasteiger partial charge on any atom is -0.493 e. The standard InChI is InChI=1S/C15H14O2S/c1-10-8-18-9-13(10)15(16)12-4-5-14-11(7-12)3-2-6-17-14/h4-5,7-9H,2-3,6H2,1H3. The van der Waals surface area contributed by atoms with Crippen LogP contribution in [0.2, 0.25) is 0 Å². The zero-order chi connectivity index (χ0) is 12.5. The summed E-state index contributed by atoms with van der Waals surface area (Å²) < 4.78 is 5.56. The van der Waals surface area contributed by atoms with E-state index in [9.17, 15) is 4.79 Å². The number of carbonyl (C=O) groups excluding carboxylic acids is 1. The number of rotatable bonds is 2. The summed E-state index contributed by atoms with van der Waals surface area (Å²) in [5.74, 6) is 1.04. The minimum atomic E-state index is 0.113. The van der Waals surface area contributed by atoms with Gasteiger partial charge in [-0.1, -0.05) is 0 Å². The van der Waals surface area contributed by atoms with Crippen LogP contribution in [0.3, 0.4) is 0 Å². The fourth-order valence-corrected chi connectivity index (χ4v) is 3.08. The molecule has 1 aliphatic heterocycles. The van der Waals surface area contributed by atoms with E-state index in [-0.39, 0.29) is 5.78 Å². The summed E-state index contributed by atoms with van der Waals surface area (Å²) in [4.78, 5) is 12.4. The van der Waals surface area contributed by atoms with Gasteiger partial charge in [0.15, 0.2) is 5.78 Å². The van der Waals surface area contributed by atoms with Crippen LogP contribution in [0.1, 0.15) is 33.5 Å². The number of hydrogen-bond acceptors (Lipinski definition) is 3. The number of fused-ring (bicyclic) bond motifs is 1. The van der Waals surface area contributed by atoms with Crippen molar-refractivity contribution in [2.45, 2.75) is 19.8 Å². The highest BCUT2D eigenvalue weighted by Crippen LogP contribution is 2.27. The van der Waals surface area contributed by atoms with Crippen molar-refractivity contribution in [3.63, 3.8) is 0 Å². The van der Waals surface area contributed by atoms with E-state index in [0.717, 1.165) is 47.5 Å². The molecule has 0 saturated heterocycles. The van der Waals surface area contributed by atoms with Crippen LogP contribution in [0, 0.1) is 6.92 Å². The summed E-state index contributed by atoms with van der Waals surface area (Å²) in [5, 5.41) is 3.93. The van der Waals surface area contributed by atoms with Gasteiger partial charge in [0.05, 0.1) is 6.61 Å². The fraction of sp³-hybridized carbons (Fsp3) is 0.267. The van der Waals surface area contributed by atoms with Crippen molar-refractivity contribution < 1.29 is 9.53 Å². The molecule has 0 bridgehead atoms. The Kier molecular flexibility index (Phi) is 2.92. The van der Waals surface area contributed by atoms with Crippen LogP contribution in [0.4, 0.5) is 0 Å². The topological polar surface area (TPSA) is 26.3 Å². The molecule has 0 atom stereocenters. The normalized spacial score (nSPS) is 13.8. The van der Waals surface area contributed by atoms with Crippen LogP contribution in [-0.4, -0.2) is 12.4 Å². The van der Waals surface area contributed by atoms with Gasteiger partial charge >= 0.3 is 0 Å². The molecule has 3 rings (SSSR count). The van der Waals surface area contributed by atoms with Crippen LogP contribution < -0.4 is 4.74 Å². The Morgan fingerprint density at radius 2 is 2.22 bits per heavy atom. The van der Waals surface area contributed by atoms with Gasteiger partial charge in [0.2, 0.25) is 0 Å². The zero-order valence-electron chi connectivity index (χ0n) is 10.2. The molecule has 1 aromatic heterocycles. The summed E-state index contributed by atoms with van der Waals surface area (Å²) >= 11 is 1.57. The van der Waals surface area contributed by atoms with E-state index < -0.39 is 0 Å². The van der Waals surface area contributed by atoms with Crippen molar-refractivity contribution in [1.29, 1.82) is 0 Å². The van der Waals surface area contributed by atoms with Crippen molar-refractivity contribution in [1.82, 2.24) is 0 Å². The monoisotopic (exact) mass is 258 g/mol. The Bertz CT molecular complexity index is 598. The number of aryl methyl sites for hydroxylation is 2. The van der Waals surface area contributed by atoms with Gasteiger partial charge in [0, 0.05) is 16.5 Å². The maximum atomic E-state index is 12.4. The lowest BCUT2D eigenvalue weighted by Gasteiger charge is -2.17. The molecule has 2 nitrogen and oxygen atoms in total. The smallest absolute Gasteiger partial charge is 0.194 e. The molecule has 0 spiro atoms. The van der Waals surface area contributed by atoms with Gasteiger partial charge in [-0.15, -0.1) is 0 Å². The Balaban J connectivity index is 1.98. The first kappa shape index (κ1) is 11.5. The number of hydrogen-bond donors (Lipinski definition) is 0. The predicted octanol–water partition coefficient (Wildman–Crippen LogP) is 3.61. The third-order valence-electron chi connectivity index (χ3n) is 3.27. The second-order valence-corrected chi connectivity index (χ2v) is 5.32. The molecule has 18 heavy (non-hydrogen) atoms. The zero-order valence-corrected chi connectivity index (χ0v) is 11.0. The molecular weight excluding hydrogens is 244 g/mol. The molecule has 0 aliphatic carbocycles. The predicted molar refractivity (Wildman–Crippen MR) is 72.7 cm³/mol. The maximum Gasteiger partial charge on any atom is 0.194 e. The lowest BCUT2D eigenvalue weighted by molar-refractivity contribution is 0.103. The molecule has 1 aromatic carbocycles. The first-order valence-corrected chi connectivity index (χ1v) is 7.03. The van der Waals surface area contributed by atoms with E-state index in [2.05, 4.69) is 0 Å². The van der Waals surface area contributed by atoms with Crippen LogP contribution >= 0.6 is 11.3 Å². The van der Waals surface area contributed by atoms with Crippen LogP contribution in [-0.2, 0) is 6.42 Å². The van der Waals surface area contributed by atoms with E-state index in [0.29, 0.717) is 0 Å². The lowest BCUT2D eigenvalue weighted by Crippen LogP contribution is -2.10. The van der Waals surface area contributed by atoms with Crippen LogP contribution in [0.25, 0.3) is 0 Å². The van der Waals surface area contributed by atoms with Gasteiger partial charge in [0.1, 0.15) is 5.75 Å².